The van der Waals surface area contributed by atoms with Gasteiger partial charge >= 0.3 is 0 Å². The molecule has 140 valence electrons. The van der Waals surface area contributed by atoms with Gasteiger partial charge in [0.05, 0.1) is 4.90 Å². The fraction of sp³-hybridized carbons (Fsp3) is 0.350. The molecule has 2 aromatic rings. The van der Waals surface area contributed by atoms with Crippen LogP contribution in [0.2, 0.25) is 0 Å². The zero-order valence-corrected chi connectivity index (χ0v) is 16.3. The van der Waals surface area contributed by atoms with Crippen molar-refractivity contribution >= 4 is 15.9 Å². The number of rotatable bonds is 8. The van der Waals surface area contributed by atoms with Gasteiger partial charge in [0.2, 0.25) is 15.9 Å². The molecule has 0 aliphatic carbocycles. The smallest absolute Gasteiger partial charge is 0.240 e. The van der Waals surface area contributed by atoms with Crippen molar-refractivity contribution in [2.75, 3.05) is 13.6 Å². The Balaban J connectivity index is 1.86. The van der Waals surface area contributed by atoms with Crippen LogP contribution in [0, 0.1) is 0 Å². The number of carbonyl (C=O) groups excluding carboxylic acids is 1. The lowest BCUT2D eigenvalue weighted by molar-refractivity contribution is -0.130. The van der Waals surface area contributed by atoms with Gasteiger partial charge in [-0.25, -0.2) is 13.1 Å². The van der Waals surface area contributed by atoms with E-state index in [0.717, 1.165) is 11.1 Å². The van der Waals surface area contributed by atoms with E-state index in [4.69, 9.17) is 0 Å². The Hall–Kier alpha value is -2.18. The fourth-order valence-corrected chi connectivity index (χ4v) is 3.58. The molecule has 0 radical (unpaired) electrons. The Morgan fingerprint density at radius 1 is 1.04 bits per heavy atom. The molecule has 1 amide bonds. The monoisotopic (exact) mass is 374 g/mol. The minimum Gasteiger partial charge on any atom is -0.341 e. The first-order valence-corrected chi connectivity index (χ1v) is 10.2. The Kier molecular flexibility index (Phi) is 6.94. The molecule has 0 aliphatic heterocycles. The topological polar surface area (TPSA) is 66.5 Å². The van der Waals surface area contributed by atoms with Crippen LogP contribution in [-0.2, 0) is 21.4 Å². The van der Waals surface area contributed by atoms with Gasteiger partial charge in [-0.3, -0.25) is 4.79 Å². The summed E-state index contributed by atoms with van der Waals surface area (Å²) in [7, 11) is -1.89. The van der Waals surface area contributed by atoms with Crippen molar-refractivity contribution in [2.24, 2.45) is 0 Å². The van der Waals surface area contributed by atoms with Gasteiger partial charge in [0.25, 0.3) is 0 Å². The maximum absolute atomic E-state index is 12.3. The second kappa shape index (κ2) is 8.96. The van der Waals surface area contributed by atoms with Crippen molar-refractivity contribution < 1.29 is 13.2 Å². The lowest BCUT2D eigenvalue weighted by Crippen LogP contribution is -2.31. The zero-order chi connectivity index (χ0) is 19.2. The SMILES string of the molecule is CC(C)c1ccc(S(=O)(=O)NCCC(=O)N(C)Cc2ccccc2)cc1. The molecule has 0 saturated carbocycles. The number of amides is 1. The summed E-state index contributed by atoms with van der Waals surface area (Å²) in [6, 6.07) is 16.5. The van der Waals surface area contributed by atoms with Gasteiger partial charge in [-0.1, -0.05) is 56.3 Å². The molecule has 1 N–H and O–H groups in total. The van der Waals surface area contributed by atoms with Crippen molar-refractivity contribution in [2.45, 2.75) is 37.6 Å². The van der Waals surface area contributed by atoms with Crippen LogP contribution < -0.4 is 4.72 Å². The zero-order valence-electron chi connectivity index (χ0n) is 15.5. The highest BCUT2D eigenvalue weighted by molar-refractivity contribution is 7.89. The van der Waals surface area contributed by atoms with Gasteiger partial charge in [0.15, 0.2) is 0 Å². The first-order chi connectivity index (χ1) is 12.3. The van der Waals surface area contributed by atoms with Crippen LogP contribution in [0.4, 0.5) is 0 Å². The second-order valence-corrected chi connectivity index (χ2v) is 8.37. The van der Waals surface area contributed by atoms with Gasteiger partial charge in [-0.2, -0.15) is 0 Å². The van der Waals surface area contributed by atoms with E-state index in [1.165, 1.54) is 0 Å². The van der Waals surface area contributed by atoms with E-state index in [2.05, 4.69) is 18.6 Å². The van der Waals surface area contributed by atoms with Crippen LogP contribution in [-0.4, -0.2) is 32.8 Å². The van der Waals surface area contributed by atoms with Crippen LogP contribution >= 0.6 is 0 Å². The molecule has 0 atom stereocenters. The number of nitrogens with one attached hydrogen (secondary N) is 1. The lowest BCUT2D eigenvalue weighted by Gasteiger charge is -2.17. The fourth-order valence-electron chi connectivity index (χ4n) is 2.54. The normalized spacial score (nSPS) is 11.5. The molecule has 0 spiro atoms. The quantitative estimate of drug-likeness (QED) is 0.772. The summed E-state index contributed by atoms with van der Waals surface area (Å²) < 4.78 is 27.1. The standard InChI is InChI=1S/C20H26N2O3S/c1-16(2)18-9-11-19(12-10-18)26(24,25)21-14-13-20(23)22(3)15-17-7-5-4-6-8-17/h4-12,16,21H,13-15H2,1-3H3. The molecule has 0 heterocycles. The molecular formula is C20H26N2O3S. The van der Waals surface area contributed by atoms with E-state index in [1.54, 1.807) is 24.1 Å². The van der Waals surface area contributed by atoms with E-state index in [9.17, 15) is 13.2 Å². The van der Waals surface area contributed by atoms with Crippen LogP contribution in [0.15, 0.2) is 59.5 Å². The van der Waals surface area contributed by atoms with Crippen LogP contribution in [0.5, 0.6) is 0 Å². The molecule has 0 unspecified atom stereocenters. The van der Waals surface area contributed by atoms with E-state index >= 15 is 0 Å². The van der Waals surface area contributed by atoms with E-state index in [0.29, 0.717) is 12.5 Å². The molecule has 6 heteroatoms. The highest BCUT2D eigenvalue weighted by Crippen LogP contribution is 2.17. The van der Waals surface area contributed by atoms with E-state index in [-0.39, 0.29) is 23.8 Å². The van der Waals surface area contributed by atoms with Crippen molar-refractivity contribution in [3.8, 4) is 0 Å². The summed E-state index contributed by atoms with van der Waals surface area (Å²) in [4.78, 5) is 14.0. The lowest BCUT2D eigenvalue weighted by atomic mass is 10.0. The first kappa shape index (κ1) is 20.1. The summed E-state index contributed by atoms with van der Waals surface area (Å²) in [6.45, 7) is 4.69. The first-order valence-electron chi connectivity index (χ1n) is 8.67. The Morgan fingerprint density at radius 3 is 2.23 bits per heavy atom. The molecule has 2 rings (SSSR count). The molecule has 2 aromatic carbocycles. The number of sulfonamides is 1. The molecule has 0 aliphatic rings. The Labute approximate surface area is 156 Å². The largest absolute Gasteiger partial charge is 0.341 e. The van der Waals surface area contributed by atoms with Crippen LogP contribution in [0.1, 0.15) is 37.3 Å². The predicted molar refractivity (Wildman–Crippen MR) is 103 cm³/mol. The summed E-state index contributed by atoms with van der Waals surface area (Å²) in [5.74, 6) is 0.240. The summed E-state index contributed by atoms with van der Waals surface area (Å²) >= 11 is 0. The molecule has 5 nitrogen and oxygen atoms in total. The summed E-state index contributed by atoms with van der Waals surface area (Å²) in [5.41, 5.74) is 2.12. The van der Waals surface area contributed by atoms with Crippen molar-refractivity contribution in [3.05, 3.63) is 65.7 Å². The third-order valence-electron chi connectivity index (χ3n) is 4.18. The highest BCUT2D eigenvalue weighted by atomic mass is 32.2. The minimum atomic E-state index is -3.60. The van der Waals surface area contributed by atoms with E-state index in [1.807, 2.05) is 42.5 Å². The third-order valence-corrected chi connectivity index (χ3v) is 5.65. The van der Waals surface area contributed by atoms with Crippen LogP contribution in [0.25, 0.3) is 0 Å². The van der Waals surface area contributed by atoms with E-state index < -0.39 is 10.0 Å². The number of nitrogens with zero attached hydrogens (tertiary/aromatic N) is 1. The second-order valence-electron chi connectivity index (χ2n) is 6.61. The molecular weight excluding hydrogens is 348 g/mol. The van der Waals surface area contributed by atoms with Crippen LogP contribution in [0.3, 0.4) is 0 Å². The number of hydrogen-bond acceptors (Lipinski definition) is 3. The molecule has 0 saturated heterocycles. The average Bonchev–Trinajstić information content (AvgIpc) is 2.62. The maximum Gasteiger partial charge on any atom is 0.240 e. The van der Waals surface area contributed by atoms with Gasteiger partial charge in [-0.15, -0.1) is 0 Å². The average molecular weight is 375 g/mol. The maximum atomic E-state index is 12.3. The van der Waals surface area contributed by atoms with Gasteiger partial charge < -0.3 is 4.90 Å². The Bertz CT molecular complexity index is 816. The molecule has 0 aromatic heterocycles. The summed E-state index contributed by atoms with van der Waals surface area (Å²) in [5, 5.41) is 0. The molecule has 26 heavy (non-hydrogen) atoms. The van der Waals surface area contributed by atoms with Gasteiger partial charge in [0, 0.05) is 26.6 Å². The Morgan fingerprint density at radius 2 is 1.65 bits per heavy atom. The summed E-state index contributed by atoms with van der Waals surface area (Å²) in [6.07, 6.45) is 0.118. The van der Waals surface area contributed by atoms with Gasteiger partial charge in [-0.05, 0) is 29.2 Å². The van der Waals surface area contributed by atoms with Crippen molar-refractivity contribution in [1.29, 1.82) is 0 Å². The number of benzene rings is 2. The van der Waals surface area contributed by atoms with Gasteiger partial charge in [0.1, 0.15) is 0 Å². The predicted octanol–water partition coefficient (Wildman–Crippen LogP) is 3.14. The molecule has 0 fully saturated rings. The minimum absolute atomic E-state index is 0.0756. The third kappa shape index (κ3) is 5.68. The van der Waals surface area contributed by atoms with Crippen molar-refractivity contribution in [1.82, 2.24) is 9.62 Å². The number of carbonyl (C=O) groups is 1. The molecule has 0 bridgehead atoms. The van der Waals surface area contributed by atoms with Crippen molar-refractivity contribution in [3.63, 3.8) is 0 Å². The highest BCUT2D eigenvalue weighted by Gasteiger charge is 2.16. The number of hydrogen-bond donors (Lipinski definition) is 1.